The van der Waals surface area contributed by atoms with Crippen molar-refractivity contribution in [1.29, 1.82) is 0 Å². The van der Waals surface area contributed by atoms with Crippen LogP contribution in [0.1, 0.15) is 66.2 Å². The second-order valence-electron chi connectivity index (χ2n) is 7.88. The van der Waals surface area contributed by atoms with Crippen LogP contribution in [0.5, 0.6) is 0 Å². The summed E-state index contributed by atoms with van der Waals surface area (Å²) in [6, 6.07) is 0.356. The maximum absolute atomic E-state index is 12.4. The van der Waals surface area contributed by atoms with E-state index in [2.05, 4.69) is 43.4 Å². The quantitative estimate of drug-likeness (QED) is 0.730. The molecular formula is C18H30N2O. The molecule has 1 amide bonds. The summed E-state index contributed by atoms with van der Waals surface area (Å²) in [5, 5.41) is 0. The van der Waals surface area contributed by atoms with Gasteiger partial charge in [0.25, 0.3) is 0 Å². The SMILES string of the molecule is C#CCN1C(C)(C)CC(N2CCCCCC2=O)CC1(C)C. The first-order valence-electron chi connectivity index (χ1n) is 8.28. The molecule has 2 fully saturated rings. The first-order valence-corrected chi connectivity index (χ1v) is 8.28. The topological polar surface area (TPSA) is 23.6 Å². The summed E-state index contributed by atoms with van der Waals surface area (Å²) in [5.74, 6) is 3.16. The summed E-state index contributed by atoms with van der Waals surface area (Å²) >= 11 is 0. The van der Waals surface area contributed by atoms with Crippen LogP contribution in [0.25, 0.3) is 0 Å². The van der Waals surface area contributed by atoms with Gasteiger partial charge in [0.2, 0.25) is 5.91 Å². The Labute approximate surface area is 130 Å². The average Bonchev–Trinajstić information content (AvgIpc) is 2.57. The molecule has 2 aliphatic rings. The van der Waals surface area contributed by atoms with E-state index in [4.69, 9.17) is 6.42 Å². The lowest BCUT2D eigenvalue weighted by Crippen LogP contribution is -2.64. The molecule has 0 radical (unpaired) electrons. The fourth-order valence-electron chi connectivity index (χ4n) is 4.39. The smallest absolute Gasteiger partial charge is 0.222 e. The maximum atomic E-state index is 12.4. The molecule has 0 unspecified atom stereocenters. The number of hydrogen-bond donors (Lipinski definition) is 0. The van der Waals surface area contributed by atoms with Crippen molar-refractivity contribution in [1.82, 2.24) is 9.80 Å². The van der Waals surface area contributed by atoms with E-state index in [1.807, 2.05) is 0 Å². The normalized spacial score (nSPS) is 27.2. The van der Waals surface area contributed by atoms with E-state index in [0.29, 0.717) is 18.5 Å². The van der Waals surface area contributed by atoms with Crippen molar-refractivity contribution in [2.45, 2.75) is 83.3 Å². The monoisotopic (exact) mass is 290 g/mol. The summed E-state index contributed by atoms with van der Waals surface area (Å²) in [6.45, 7) is 10.7. The zero-order valence-electron chi connectivity index (χ0n) is 14.1. The van der Waals surface area contributed by atoms with E-state index in [1.54, 1.807) is 0 Å². The Morgan fingerprint density at radius 2 is 1.76 bits per heavy atom. The number of terminal acetylenes is 1. The van der Waals surface area contributed by atoms with Crippen molar-refractivity contribution in [2.24, 2.45) is 0 Å². The third kappa shape index (κ3) is 3.43. The fourth-order valence-corrected chi connectivity index (χ4v) is 4.39. The second-order valence-corrected chi connectivity index (χ2v) is 7.88. The Morgan fingerprint density at radius 1 is 1.14 bits per heavy atom. The minimum Gasteiger partial charge on any atom is -0.340 e. The Morgan fingerprint density at radius 3 is 2.33 bits per heavy atom. The number of hydrogen-bond acceptors (Lipinski definition) is 2. The molecule has 0 aromatic heterocycles. The van der Waals surface area contributed by atoms with Gasteiger partial charge in [0.15, 0.2) is 0 Å². The molecule has 3 heteroatoms. The summed E-state index contributed by atoms with van der Waals surface area (Å²) in [5.41, 5.74) is 0.0662. The van der Waals surface area contributed by atoms with Gasteiger partial charge in [0.05, 0.1) is 6.54 Å². The Kier molecular flexibility index (Phi) is 4.68. The van der Waals surface area contributed by atoms with E-state index in [-0.39, 0.29) is 11.1 Å². The highest BCUT2D eigenvalue weighted by molar-refractivity contribution is 5.76. The summed E-state index contributed by atoms with van der Waals surface area (Å²) in [7, 11) is 0. The molecule has 0 N–H and O–H groups in total. The first-order chi connectivity index (χ1) is 9.78. The third-order valence-corrected chi connectivity index (χ3v) is 5.23. The van der Waals surface area contributed by atoms with Crippen molar-refractivity contribution in [3.63, 3.8) is 0 Å². The molecule has 0 atom stereocenters. The van der Waals surface area contributed by atoms with Crippen LogP contribution in [0.4, 0.5) is 0 Å². The molecular weight excluding hydrogens is 260 g/mol. The average molecular weight is 290 g/mol. The third-order valence-electron chi connectivity index (χ3n) is 5.23. The van der Waals surface area contributed by atoms with Crippen molar-refractivity contribution in [2.75, 3.05) is 13.1 Å². The molecule has 3 nitrogen and oxygen atoms in total. The number of carbonyl (C=O) groups excluding carboxylic acids is 1. The lowest BCUT2D eigenvalue weighted by molar-refractivity contribution is -0.138. The van der Waals surface area contributed by atoms with E-state index >= 15 is 0 Å². The van der Waals surface area contributed by atoms with Gasteiger partial charge in [-0.1, -0.05) is 12.3 Å². The van der Waals surface area contributed by atoms with E-state index < -0.39 is 0 Å². The van der Waals surface area contributed by atoms with E-state index in [1.165, 1.54) is 6.42 Å². The molecule has 2 aliphatic heterocycles. The van der Waals surface area contributed by atoms with Gasteiger partial charge in [0.1, 0.15) is 0 Å². The van der Waals surface area contributed by atoms with Crippen LogP contribution in [-0.4, -0.2) is 45.9 Å². The molecule has 21 heavy (non-hydrogen) atoms. The predicted molar refractivity (Wildman–Crippen MR) is 86.9 cm³/mol. The van der Waals surface area contributed by atoms with E-state index in [9.17, 15) is 4.79 Å². The van der Waals surface area contributed by atoms with E-state index in [0.717, 1.165) is 38.6 Å². The number of rotatable bonds is 2. The Balaban J connectivity index is 2.20. The van der Waals surface area contributed by atoms with Gasteiger partial charge in [-0.05, 0) is 53.4 Å². The molecule has 0 saturated carbocycles. The molecule has 0 aliphatic carbocycles. The number of likely N-dealkylation sites (tertiary alicyclic amines) is 2. The van der Waals surface area contributed by atoms with Gasteiger partial charge in [-0.3, -0.25) is 9.69 Å². The van der Waals surface area contributed by atoms with Crippen LogP contribution in [0.15, 0.2) is 0 Å². The van der Waals surface area contributed by atoms with Crippen LogP contribution in [-0.2, 0) is 4.79 Å². The number of carbonyl (C=O) groups is 1. The van der Waals surface area contributed by atoms with Gasteiger partial charge in [-0.15, -0.1) is 6.42 Å². The zero-order chi connectivity index (χ0) is 15.7. The van der Waals surface area contributed by atoms with Crippen molar-refractivity contribution >= 4 is 5.91 Å². The number of amides is 1. The van der Waals surface area contributed by atoms with Crippen molar-refractivity contribution in [3.05, 3.63) is 0 Å². The van der Waals surface area contributed by atoms with Gasteiger partial charge >= 0.3 is 0 Å². The molecule has 0 aromatic rings. The Bertz CT molecular complexity index is 415. The van der Waals surface area contributed by atoms with Gasteiger partial charge < -0.3 is 4.90 Å². The minimum atomic E-state index is 0.0331. The Hall–Kier alpha value is -1.01. The molecule has 2 saturated heterocycles. The van der Waals surface area contributed by atoms with Gasteiger partial charge in [0, 0.05) is 30.1 Å². The predicted octanol–water partition coefficient (Wildman–Crippen LogP) is 3.04. The summed E-state index contributed by atoms with van der Waals surface area (Å²) in [4.78, 5) is 17.0. The number of nitrogens with zero attached hydrogens (tertiary/aromatic N) is 2. The van der Waals surface area contributed by atoms with Crippen molar-refractivity contribution < 1.29 is 4.79 Å². The summed E-state index contributed by atoms with van der Waals surface area (Å²) < 4.78 is 0. The maximum Gasteiger partial charge on any atom is 0.222 e. The largest absolute Gasteiger partial charge is 0.340 e. The van der Waals surface area contributed by atoms with Crippen LogP contribution < -0.4 is 0 Å². The van der Waals surface area contributed by atoms with Crippen molar-refractivity contribution in [3.8, 4) is 12.3 Å². The summed E-state index contributed by atoms with van der Waals surface area (Å²) in [6.07, 6.45) is 11.7. The lowest BCUT2D eigenvalue weighted by Gasteiger charge is -2.56. The number of piperidine rings is 1. The molecule has 0 spiro atoms. The minimum absolute atomic E-state index is 0.0331. The van der Waals surface area contributed by atoms with Crippen LogP contribution in [0.2, 0.25) is 0 Å². The van der Waals surface area contributed by atoms with Crippen LogP contribution in [0.3, 0.4) is 0 Å². The second kappa shape index (κ2) is 6.01. The van der Waals surface area contributed by atoms with Crippen LogP contribution in [0, 0.1) is 12.3 Å². The highest BCUT2D eigenvalue weighted by Gasteiger charge is 2.47. The van der Waals surface area contributed by atoms with Crippen LogP contribution >= 0.6 is 0 Å². The highest BCUT2D eigenvalue weighted by atomic mass is 16.2. The zero-order valence-corrected chi connectivity index (χ0v) is 14.1. The molecule has 0 aromatic carbocycles. The molecule has 0 bridgehead atoms. The molecule has 2 rings (SSSR count). The molecule has 118 valence electrons. The standard InChI is InChI=1S/C18H30N2O/c1-6-11-20-17(2,3)13-15(14-18(20,4)5)19-12-9-7-8-10-16(19)21/h1,15H,7-14H2,2-5H3. The van der Waals surface area contributed by atoms with Gasteiger partial charge in [-0.2, -0.15) is 0 Å². The van der Waals surface area contributed by atoms with Gasteiger partial charge in [-0.25, -0.2) is 0 Å². The highest BCUT2D eigenvalue weighted by Crippen LogP contribution is 2.40. The fraction of sp³-hybridized carbons (Fsp3) is 0.833. The molecule has 2 heterocycles. The first kappa shape index (κ1) is 16.4. The lowest BCUT2D eigenvalue weighted by atomic mass is 9.76.